The quantitative estimate of drug-likeness (QED) is 0.470. The van der Waals surface area contributed by atoms with E-state index in [1.807, 2.05) is 45.8 Å². The number of likely N-dealkylation sites (tertiary alicyclic amines) is 1. The molecule has 1 saturated heterocycles. The third kappa shape index (κ3) is 4.30. The van der Waals surface area contributed by atoms with E-state index in [9.17, 15) is 4.79 Å². The minimum atomic E-state index is 0.0438. The molecule has 0 bridgehead atoms. The van der Waals surface area contributed by atoms with Crippen LogP contribution in [0.2, 0.25) is 0 Å². The van der Waals surface area contributed by atoms with Gasteiger partial charge in [-0.05, 0) is 42.5 Å². The van der Waals surface area contributed by atoms with Crippen LogP contribution in [0.5, 0.6) is 0 Å². The van der Waals surface area contributed by atoms with E-state index < -0.39 is 0 Å². The van der Waals surface area contributed by atoms with Crippen molar-refractivity contribution in [1.29, 1.82) is 0 Å². The Labute approximate surface area is 188 Å². The van der Waals surface area contributed by atoms with E-state index in [4.69, 9.17) is 4.98 Å². The van der Waals surface area contributed by atoms with Crippen molar-refractivity contribution in [3.63, 3.8) is 0 Å². The van der Waals surface area contributed by atoms with Crippen LogP contribution in [0.3, 0.4) is 0 Å². The number of aromatic nitrogens is 2. The Bertz CT molecular complexity index is 1180. The maximum atomic E-state index is 13.3. The summed E-state index contributed by atoms with van der Waals surface area (Å²) < 4.78 is 2.04. The molecular weight excluding hydrogens is 396 g/mol. The average Bonchev–Trinajstić information content (AvgIpc) is 3.51. The molecule has 0 saturated carbocycles. The topological polar surface area (TPSA) is 49.6 Å². The fraction of sp³-hybridized carbons (Fsp3) is 0.259. The lowest BCUT2D eigenvalue weighted by molar-refractivity contribution is 0.0786. The van der Waals surface area contributed by atoms with Crippen LogP contribution < -0.4 is 5.32 Å². The van der Waals surface area contributed by atoms with Gasteiger partial charge in [0.1, 0.15) is 5.65 Å². The SMILES string of the molecule is O=C(c1nc2ccccn2c1CN[C@H](Cc1ccccc1)c1ccccc1)N1CCCC1. The number of rotatable bonds is 7. The molecule has 5 rings (SSSR count). The van der Waals surface area contributed by atoms with Gasteiger partial charge in [-0.25, -0.2) is 4.98 Å². The van der Waals surface area contributed by atoms with E-state index in [-0.39, 0.29) is 11.9 Å². The number of carbonyl (C=O) groups excluding carboxylic acids is 1. The van der Waals surface area contributed by atoms with Gasteiger partial charge in [0.15, 0.2) is 5.69 Å². The predicted octanol–water partition coefficient (Wildman–Crippen LogP) is 4.64. The first-order valence-electron chi connectivity index (χ1n) is 11.4. The van der Waals surface area contributed by atoms with Gasteiger partial charge in [0.05, 0.1) is 5.69 Å². The Morgan fingerprint density at radius 3 is 2.34 bits per heavy atom. The van der Waals surface area contributed by atoms with Crippen LogP contribution in [0.15, 0.2) is 85.1 Å². The summed E-state index contributed by atoms with van der Waals surface area (Å²) in [5, 5.41) is 3.73. The first-order valence-corrected chi connectivity index (χ1v) is 11.4. The smallest absolute Gasteiger partial charge is 0.274 e. The second-order valence-corrected chi connectivity index (χ2v) is 8.37. The lowest BCUT2D eigenvalue weighted by atomic mass is 9.98. The highest BCUT2D eigenvalue weighted by Gasteiger charge is 2.26. The number of fused-ring (bicyclic) bond motifs is 1. The summed E-state index contributed by atoms with van der Waals surface area (Å²) in [6.07, 6.45) is 5.01. The lowest BCUT2D eigenvalue weighted by Crippen LogP contribution is -2.30. The number of hydrogen-bond donors (Lipinski definition) is 1. The number of pyridine rings is 1. The lowest BCUT2D eigenvalue weighted by Gasteiger charge is -2.20. The van der Waals surface area contributed by atoms with Gasteiger partial charge in [0, 0.05) is 31.9 Å². The molecule has 0 unspecified atom stereocenters. The number of amides is 1. The van der Waals surface area contributed by atoms with E-state index in [1.54, 1.807) is 0 Å². The van der Waals surface area contributed by atoms with Gasteiger partial charge in [0.2, 0.25) is 0 Å². The highest BCUT2D eigenvalue weighted by molar-refractivity contribution is 5.94. The first kappa shape index (κ1) is 20.5. The second kappa shape index (κ2) is 9.37. The van der Waals surface area contributed by atoms with E-state index >= 15 is 0 Å². The van der Waals surface area contributed by atoms with Gasteiger partial charge >= 0.3 is 0 Å². The summed E-state index contributed by atoms with van der Waals surface area (Å²) in [6, 6.07) is 27.1. The molecule has 0 radical (unpaired) electrons. The number of imidazole rings is 1. The van der Waals surface area contributed by atoms with Crippen molar-refractivity contribution in [2.24, 2.45) is 0 Å². The molecule has 1 fully saturated rings. The molecule has 0 spiro atoms. The molecule has 2 aromatic heterocycles. The highest BCUT2D eigenvalue weighted by Crippen LogP contribution is 2.22. The zero-order valence-corrected chi connectivity index (χ0v) is 18.2. The summed E-state index contributed by atoms with van der Waals surface area (Å²) in [6.45, 7) is 2.20. The molecule has 162 valence electrons. The van der Waals surface area contributed by atoms with Crippen LogP contribution in [0.4, 0.5) is 0 Å². The van der Waals surface area contributed by atoms with E-state index in [0.717, 1.165) is 43.7 Å². The van der Waals surface area contributed by atoms with Crippen molar-refractivity contribution >= 4 is 11.6 Å². The van der Waals surface area contributed by atoms with Crippen LogP contribution in [0, 0.1) is 0 Å². The van der Waals surface area contributed by atoms with E-state index in [1.165, 1.54) is 11.1 Å². The monoisotopic (exact) mass is 424 g/mol. The zero-order chi connectivity index (χ0) is 21.8. The van der Waals surface area contributed by atoms with Gasteiger partial charge in [-0.15, -0.1) is 0 Å². The normalized spacial score (nSPS) is 14.7. The van der Waals surface area contributed by atoms with Crippen molar-refractivity contribution in [3.05, 3.63) is 108 Å². The van der Waals surface area contributed by atoms with Crippen LogP contribution in [0.1, 0.15) is 46.2 Å². The molecule has 5 heteroatoms. The fourth-order valence-electron chi connectivity index (χ4n) is 4.52. The molecular formula is C27H28N4O. The fourth-order valence-corrected chi connectivity index (χ4v) is 4.52. The van der Waals surface area contributed by atoms with Crippen LogP contribution in [0.25, 0.3) is 5.65 Å². The molecule has 0 aliphatic carbocycles. The van der Waals surface area contributed by atoms with Crippen LogP contribution in [-0.4, -0.2) is 33.3 Å². The molecule has 4 aromatic rings. The Hall–Kier alpha value is -3.44. The summed E-state index contributed by atoms with van der Waals surface area (Å²) >= 11 is 0. The minimum Gasteiger partial charge on any atom is -0.337 e. The average molecular weight is 425 g/mol. The van der Waals surface area contributed by atoms with Gasteiger partial charge < -0.3 is 14.6 Å². The summed E-state index contributed by atoms with van der Waals surface area (Å²) in [7, 11) is 0. The van der Waals surface area contributed by atoms with Crippen molar-refractivity contribution < 1.29 is 4.79 Å². The summed E-state index contributed by atoms with van der Waals surface area (Å²) in [5.41, 5.74) is 4.81. The molecule has 2 aromatic carbocycles. The van der Waals surface area contributed by atoms with Crippen molar-refractivity contribution in [3.8, 4) is 0 Å². The zero-order valence-electron chi connectivity index (χ0n) is 18.2. The van der Waals surface area contributed by atoms with Crippen molar-refractivity contribution in [1.82, 2.24) is 19.6 Å². The van der Waals surface area contributed by atoms with Gasteiger partial charge in [-0.1, -0.05) is 66.7 Å². The van der Waals surface area contributed by atoms with Crippen LogP contribution in [-0.2, 0) is 13.0 Å². The van der Waals surface area contributed by atoms with Crippen LogP contribution >= 0.6 is 0 Å². The number of nitrogens with one attached hydrogen (secondary N) is 1. The van der Waals surface area contributed by atoms with E-state index in [2.05, 4.69) is 53.8 Å². The maximum absolute atomic E-state index is 13.3. The Balaban J connectivity index is 1.45. The molecule has 1 amide bonds. The maximum Gasteiger partial charge on any atom is 0.274 e. The second-order valence-electron chi connectivity index (χ2n) is 8.37. The first-order chi connectivity index (χ1) is 15.8. The van der Waals surface area contributed by atoms with Gasteiger partial charge in [0.25, 0.3) is 5.91 Å². The number of nitrogens with zero attached hydrogens (tertiary/aromatic N) is 3. The Morgan fingerprint density at radius 1 is 0.906 bits per heavy atom. The molecule has 1 atom stereocenters. The molecule has 32 heavy (non-hydrogen) atoms. The third-order valence-electron chi connectivity index (χ3n) is 6.23. The molecule has 1 aliphatic heterocycles. The van der Waals surface area contributed by atoms with Gasteiger partial charge in [-0.2, -0.15) is 0 Å². The van der Waals surface area contributed by atoms with Gasteiger partial charge in [-0.3, -0.25) is 4.79 Å². The van der Waals surface area contributed by atoms with E-state index in [0.29, 0.717) is 12.2 Å². The molecule has 3 heterocycles. The number of benzene rings is 2. The Morgan fingerprint density at radius 2 is 1.59 bits per heavy atom. The highest BCUT2D eigenvalue weighted by atomic mass is 16.2. The number of carbonyl (C=O) groups is 1. The molecule has 5 nitrogen and oxygen atoms in total. The third-order valence-corrected chi connectivity index (χ3v) is 6.23. The van der Waals surface area contributed by atoms with Crippen molar-refractivity contribution in [2.75, 3.05) is 13.1 Å². The minimum absolute atomic E-state index is 0.0438. The Kier molecular flexibility index (Phi) is 5.99. The van der Waals surface area contributed by atoms with Crippen molar-refractivity contribution in [2.45, 2.75) is 31.8 Å². The predicted molar refractivity (Wildman–Crippen MR) is 126 cm³/mol. The standard InChI is InChI=1S/C27H28N4O/c32-27(30-16-9-10-17-30)26-24(31-18-8-7-15-25(31)29-26)20-28-23(22-13-5-2-6-14-22)19-21-11-3-1-4-12-21/h1-8,11-15,18,23,28H,9-10,16-17,19-20H2/t23-/m1/s1. The molecule has 1 N–H and O–H groups in total. The summed E-state index contributed by atoms with van der Waals surface area (Å²) in [4.78, 5) is 19.9. The summed E-state index contributed by atoms with van der Waals surface area (Å²) in [5.74, 6) is 0.0438. The molecule has 1 aliphatic rings. The largest absolute Gasteiger partial charge is 0.337 e. The number of hydrogen-bond acceptors (Lipinski definition) is 3.